The molecule has 0 N–H and O–H groups in total. The van der Waals surface area contributed by atoms with E-state index in [1.807, 2.05) is 11.8 Å². The van der Waals surface area contributed by atoms with E-state index < -0.39 is 0 Å². The van der Waals surface area contributed by atoms with Crippen molar-refractivity contribution in [1.82, 2.24) is 0 Å². The van der Waals surface area contributed by atoms with Crippen LogP contribution in [0.4, 0.5) is 0 Å². The summed E-state index contributed by atoms with van der Waals surface area (Å²) in [7, 11) is 0. The monoisotopic (exact) mass is 150 g/mol. The van der Waals surface area contributed by atoms with Crippen molar-refractivity contribution in [3.05, 3.63) is 12.2 Å². The van der Waals surface area contributed by atoms with Crippen LogP contribution in [0.25, 0.3) is 0 Å². The zero-order valence-corrected chi connectivity index (χ0v) is 6.69. The summed E-state index contributed by atoms with van der Waals surface area (Å²) >= 11 is 7.33. The summed E-state index contributed by atoms with van der Waals surface area (Å²) in [6.07, 6.45) is 0. The molecule has 0 aromatic carbocycles. The average molecular weight is 151 g/mol. The molecule has 48 valence electrons. The van der Waals surface area contributed by atoms with Gasteiger partial charge in [-0.3, -0.25) is 0 Å². The predicted octanol–water partition coefficient (Wildman–Crippen LogP) is 2.53. The number of rotatable bonds is 4. The first-order valence-electron chi connectivity index (χ1n) is 2.61. The van der Waals surface area contributed by atoms with Crippen molar-refractivity contribution in [3.63, 3.8) is 0 Å². The summed E-state index contributed by atoms with van der Waals surface area (Å²) in [5.41, 5.74) is 1.12. The van der Waals surface area contributed by atoms with Crippen molar-refractivity contribution < 1.29 is 0 Å². The molecule has 0 atom stereocenters. The van der Waals surface area contributed by atoms with Crippen molar-refractivity contribution in [2.75, 3.05) is 17.4 Å². The van der Waals surface area contributed by atoms with Gasteiger partial charge in [-0.15, -0.1) is 11.6 Å². The van der Waals surface area contributed by atoms with E-state index in [4.69, 9.17) is 11.6 Å². The molecule has 0 saturated carbocycles. The largest absolute Gasteiger partial charge is 0.158 e. The molecule has 0 aliphatic heterocycles. The lowest BCUT2D eigenvalue weighted by Crippen LogP contribution is -1.85. The standard InChI is InChI=1S/C6H11ClS/c1-3-8-5-6(2)4-7/h2-5H2,1H3. The first kappa shape index (κ1) is 8.38. The van der Waals surface area contributed by atoms with Crippen molar-refractivity contribution in [2.24, 2.45) is 0 Å². The van der Waals surface area contributed by atoms with E-state index in [9.17, 15) is 0 Å². The molecule has 0 aliphatic carbocycles. The third-order valence-electron chi connectivity index (χ3n) is 0.699. The highest BCUT2D eigenvalue weighted by Crippen LogP contribution is 2.05. The summed E-state index contributed by atoms with van der Waals surface area (Å²) in [6.45, 7) is 5.89. The fourth-order valence-corrected chi connectivity index (χ4v) is 1.09. The number of halogens is 1. The van der Waals surface area contributed by atoms with E-state index in [0.717, 1.165) is 17.1 Å². The Morgan fingerprint density at radius 3 is 2.75 bits per heavy atom. The Kier molecular flexibility index (Phi) is 5.78. The molecule has 0 spiro atoms. The maximum atomic E-state index is 5.47. The molecule has 0 nitrogen and oxygen atoms in total. The molecule has 2 heteroatoms. The minimum absolute atomic E-state index is 0.604. The van der Waals surface area contributed by atoms with Crippen LogP contribution in [0.5, 0.6) is 0 Å². The number of thioether (sulfide) groups is 1. The van der Waals surface area contributed by atoms with Crippen LogP contribution in [0.3, 0.4) is 0 Å². The highest BCUT2D eigenvalue weighted by molar-refractivity contribution is 7.99. The Labute approximate surface area is 60.3 Å². The lowest BCUT2D eigenvalue weighted by Gasteiger charge is -1.95. The Bertz CT molecular complexity index is 70.9. The summed E-state index contributed by atoms with van der Waals surface area (Å²) in [5.74, 6) is 2.77. The van der Waals surface area contributed by atoms with Gasteiger partial charge in [-0.25, -0.2) is 0 Å². The summed E-state index contributed by atoms with van der Waals surface area (Å²) in [5, 5.41) is 0. The Morgan fingerprint density at radius 1 is 1.75 bits per heavy atom. The molecule has 0 fully saturated rings. The van der Waals surface area contributed by atoms with Gasteiger partial charge in [0.15, 0.2) is 0 Å². The van der Waals surface area contributed by atoms with E-state index in [2.05, 4.69) is 13.5 Å². The van der Waals surface area contributed by atoms with E-state index in [0.29, 0.717) is 5.88 Å². The lowest BCUT2D eigenvalue weighted by molar-refractivity contribution is 1.42. The zero-order valence-electron chi connectivity index (χ0n) is 5.11. The molecule has 0 unspecified atom stereocenters. The van der Waals surface area contributed by atoms with E-state index >= 15 is 0 Å². The quantitative estimate of drug-likeness (QED) is 0.439. The second kappa shape index (κ2) is 5.52. The fourth-order valence-electron chi connectivity index (χ4n) is 0.285. The topological polar surface area (TPSA) is 0 Å². The van der Waals surface area contributed by atoms with E-state index in [-0.39, 0.29) is 0 Å². The van der Waals surface area contributed by atoms with Gasteiger partial charge in [0.1, 0.15) is 0 Å². The molecule has 0 heterocycles. The molecule has 0 amide bonds. The smallest absolute Gasteiger partial charge is 0.0439 e. The van der Waals surface area contributed by atoms with Gasteiger partial charge in [0, 0.05) is 11.6 Å². The van der Waals surface area contributed by atoms with Crippen molar-refractivity contribution in [2.45, 2.75) is 6.92 Å². The SMILES string of the molecule is C=C(CCl)CSCC. The normalized spacial score (nSPS) is 9.25. The number of alkyl halides is 1. The fraction of sp³-hybridized carbons (Fsp3) is 0.667. The maximum Gasteiger partial charge on any atom is 0.0439 e. The van der Waals surface area contributed by atoms with Crippen LogP contribution in [0.2, 0.25) is 0 Å². The number of hydrogen-bond acceptors (Lipinski definition) is 1. The molecule has 0 radical (unpaired) electrons. The minimum Gasteiger partial charge on any atom is -0.158 e. The predicted molar refractivity (Wildman–Crippen MR) is 42.9 cm³/mol. The summed E-state index contributed by atoms with van der Waals surface area (Å²) < 4.78 is 0. The van der Waals surface area contributed by atoms with Gasteiger partial charge in [0.2, 0.25) is 0 Å². The van der Waals surface area contributed by atoms with Gasteiger partial charge in [-0.1, -0.05) is 19.1 Å². The zero-order chi connectivity index (χ0) is 6.41. The molecule has 0 rings (SSSR count). The van der Waals surface area contributed by atoms with Crippen LogP contribution < -0.4 is 0 Å². The molecule has 0 aromatic heterocycles. The van der Waals surface area contributed by atoms with Gasteiger partial charge in [0.25, 0.3) is 0 Å². The highest BCUT2D eigenvalue weighted by atomic mass is 35.5. The van der Waals surface area contributed by atoms with Crippen LogP contribution in [0.1, 0.15) is 6.92 Å². The van der Waals surface area contributed by atoms with Crippen LogP contribution in [-0.2, 0) is 0 Å². The maximum absolute atomic E-state index is 5.47. The van der Waals surface area contributed by atoms with Crippen molar-refractivity contribution in [3.8, 4) is 0 Å². The third-order valence-corrected chi connectivity index (χ3v) is 2.10. The van der Waals surface area contributed by atoms with Gasteiger partial charge >= 0.3 is 0 Å². The number of hydrogen-bond donors (Lipinski definition) is 0. The first-order valence-corrected chi connectivity index (χ1v) is 4.30. The van der Waals surface area contributed by atoms with E-state index in [1.54, 1.807) is 0 Å². The Hall–Kier alpha value is 0.380. The lowest BCUT2D eigenvalue weighted by atomic mass is 10.4. The molecular formula is C6H11ClS. The van der Waals surface area contributed by atoms with Crippen LogP contribution in [0, 0.1) is 0 Å². The second-order valence-electron chi connectivity index (χ2n) is 1.52. The molecule has 0 aliphatic rings. The van der Waals surface area contributed by atoms with Gasteiger partial charge in [-0.2, -0.15) is 11.8 Å². The van der Waals surface area contributed by atoms with Crippen molar-refractivity contribution >= 4 is 23.4 Å². The Morgan fingerprint density at radius 2 is 2.38 bits per heavy atom. The summed E-state index contributed by atoms with van der Waals surface area (Å²) in [4.78, 5) is 0. The van der Waals surface area contributed by atoms with Gasteiger partial charge in [0.05, 0.1) is 0 Å². The minimum atomic E-state index is 0.604. The van der Waals surface area contributed by atoms with Gasteiger partial charge in [-0.05, 0) is 5.75 Å². The third kappa shape index (κ3) is 4.54. The first-order chi connectivity index (χ1) is 3.81. The molecule has 0 aromatic rings. The molecule has 8 heavy (non-hydrogen) atoms. The van der Waals surface area contributed by atoms with E-state index in [1.165, 1.54) is 0 Å². The molecular weight excluding hydrogens is 140 g/mol. The van der Waals surface area contributed by atoms with Crippen LogP contribution in [-0.4, -0.2) is 17.4 Å². The van der Waals surface area contributed by atoms with Crippen molar-refractivity contribution in [1.29, 1.82) is 0 Å². The molecule has 0 bridgehead atoms. The van der Waals surface area contributed by atoms with Gasteiger partial charge < -0.3 is 0 Å². The highest BCUT2D eigenvalue weighted by Gasteiger charge is 1.88. The summed E-state index contributed by atoms with van der Waals surface area (Å²) in [6, 6.07) is 0. The van der Waals surface area contributed by atoms with Crippen LogP contribution >= 0.6 is 23.4 Å². The Balaban J connectivity index is 2.99. The second-order valence-corrected chi connectivity index (χ2v) is 3.06. The molecule has 0 saturated heterocycles. The average Bonchev–Trinajstić information content (AvgIpc) is 1.83. The van der Waals surface area contributed by atoms with Crippen LogP contribution in [0.15, 0.2) is 12.2 Å².